The zero-order chi connectivity index (χ0) is 12.3. The van der Waals surface area contributed by atoms with E-state index in [0.29, 0.717) is 0 Å². The fraction of sp³-hybridized carbons (Fsp3) is 0.200. The van der Waals surface area contributed by atoms with Crippen LogP contribution >= 0.6 is 0 Å². The number of carbonyl (C=O) groups excluding carboxylic acids is 1. The highest BCUT2D eigenvalue weighted by Gasteiger charge is 2.18. The first-order valence-corrected chi connectivity index (χ1v) is 4.48. The topological polar surface area (TPSA) is 104 Å². The van der Waals surface area contributed by atoms with Gasteiger partial charge in [0, 0.05) is 7.05 Å². The van der Waals surface area contributed by atoms with Crippen molar-refractivity contribution >= 4 is 17.6 Å². The van der Waals surface area contributed by atoms with Gasteiger partial charge in [-0.3, -0.25) is 9.59 Å². The van der Waals surface area contributed by atoms with Crippen molar-refractivity contribution < 1.29 is 19.8 Å². The fourth-order valence-electron chi connectivity index (χ4n) is 1.21. The first-order valence-electron chi connectivity index (χ1n) is 4.48. The number of nitrogen functional groups attached to an aromatic ring is 1. The fourth-order valence-corrected chi connectivity index (χ4v) is 1.21. The molecule has 0 unspecified atom stereocenters. The van der Waals surface area contributed by atoms with E-state index in [1.54, 1.807) is 0 Å². The molecule has 0 heterocycles. The van der Waals surface area contributed by atoms with Crippen LogP contribution in [0, 0.1) is 0 Å². The summed E-state index contributed by atoms with van der Waals surface area (Å²) in [4.78, 5) is 23.1. The molecule has 0 saturated heterocycles. The van der Waals surface area contributed by atoms with Gasteiger partial charge in [0.05, 0.1) is 11.3 Å². The lowest BCUT2D eigenvalue weighted by molar-refractivity contribution is -0.137. The predicted molar refractivity (Wildman–Crippen MR) is 57.1 cm³/mol. The summed E-state index contributed by atoms with van der Waals surface area (Å²) in [6, 6.07) is 4.34. The predicted octanol–water partition coefficient (Wildman–Crippen LogP) is 0.131. The highest BCUT2D eigenvalue weighted by atomic mass is 16.4. The molecule has 0 spiro atoms. The minimum absolute atomic E-state index is 0.0104. The Hall–Kier alpha value is -2.24. The minimum Gasteiger partial charge on any atom is -0.505 e. The number of para-hydroxylation sites is 1. The van der Waals surface area contributed by atoms with E-state index in [4.69, 9.17) is 10.8 Å². The molecule has 0 aliphatic carbocycles. The Morgan fingerprint density at radius 1 is 1.44 bits per heavy atom. The first kappa shape index (κ1) is 11.8. The maximum absolute atomic E-state index is 11.7. The monoisotopic (exact) mass is 224 g/mol. The van der Waals surface area contributed by atoms with Crippen molar-refractivity contribution in [3.8, 4) is 5.75 Å². The summed E-state index contributed by atoms with van der Waals surface area (Å²) < 4.78 is 0. The van der Waals surface area contributed by atoms with E-state index in [1.165, 1.54) is 25.2 Å². The van der Waals surface area contributed by atoms with Crippen LogP contribution in [-0.2, 0) is 4.79 Å². The van der Waals surface area contributed by atoms with Crippen LogP contribution in [0.25, 0.3) is 0 Å². The largest absolute Gasteiger partial charge is 0.505 e. The Labute approximate surface area is 91.9 Å². The maximum Gasteiger partial charge on any atom is 0.323 e. The molecule has 0 atom stereocenters. The summed E-state index contributed by atoms with van der Waals surface area (Å²) in [5.41, 5.74) is 5.49. The van der Waals surface area contributed by atoms with Gasteiger partial charge < -0.3 is 20.8 Å². The van der Waals surface area contributed by atoms with E-state index in [9.17, 15) is 14.7 Å². The average molecular weight is 224 g/mol. The van der Waals surface area contributed by atoms with Crippen molar-refractivity contribution in [3.05, 3.63) is 23.8 Å². The lowest BCUT2D eigenvalue weighted by atomic mass is 10.1. The Bertz CT molecular complexity index is 431. The molecule has 0 aromatic heterocycles. The zero-order valence-electron chi connectivity index (χ0n) is 8.67. The summed E-state index contributed by atoms with van der Waals surface area (Å²) in [5, 5.41) is 18.1. The van der Waals surface area contributed by atoms with Gasteiger partial charge in [-0.2, -0.15) is 0 Å². The van der Waals surface area contributed by atoms with Gasteiger partial charge in [-0.15, -0.1) is 0 Å². The quantitative estimate of drug-likeness (QED) is 0.500. The standard InChI is InChI=1S/C10H12N2O4/c1-12(5-8(13)14)10(16)6-3-2-4-7(11)9(6)15/h2-4,15H,5,11H2,1H3,(H,13,14). The van der Waals surface area contributed by atoms with Crippen LogP contribution in [0.1, 0.15) is 10.4 Å². The molecule has 6 nitrogen and oxygen atoms in total. The number of aromatic hydroxyl groups is 1. The van der Waals surface area contributed by atoms with Crippen LogP contribution in [0.15, 0.2) is 18.2 Å². The molecule has 1 amide bonds. The van der Waals surface area contributed by atoms with Crippen LogP contribution in [0.3, 0.4) is 0 Å². The molecule has 0 aliphatic rings. The smallest absolute Gasteiger partial charge is 0.323 e. The van der Waals surface area contributed by atoms with E-state index < -0.39 is 18.4 Å². The number of rotatable bonds is 3. The average Bonchev–Trinajstić information content (AvgIpc) is 2.20. The van der Waals surface area contributed by atoms with E-state index >= 15 is 0 Å². The number of hydrogen-bond acceptors (Lipinski definition) is 4. The molecule has 0 saturated carbocycles. The van der Waals surface area contributed by atoms with E-state index in [1.807, 2.05) is 0 Å². The number of nitrogens with two attached hydrogens (primary N) is 1. The molecule has 1 aromatic carbocycles. The number of carbonyl (C=O) groups is 2. The molecule has 0 fully saturated rings. The number of amides is 1. The molecule has 86 valence electrons. The molecular weight excluding hydrogens is 212 g/mol. The minimum atomic E-state index is -1.13. The van der Waals surface area contributed by atoms with E-state index in [2.05, 4.69) is 0 Å². The molecule has 0 radical (unpaired) electrons. The molecule has 0 aliphatic heterocycles. The third-order valence-corrected chi connectivity index (χ3v) is 2.02. The lowest BCUT2D eigenvalue weighted by Crippen LogP contribution is -2.32. The summed E-state index contributed by atoms with van der Waals surface area (Å²) in [7, 11) is 1.33. The van der Waals surface area contributed by atoms with Crippen LogP contribution < -0.4 is 5.73 Å². The van der Waals surface area contributed by atoms with Crippen LogP contribution in [-0.4, -0.2) is 40.6 Å². The lowest BCUT2D eigenvalue weighted by Gasteiger charge is -2.15. The second kappa shape index (κ2) is 4.52. The van der Waals surface area contributed by atoms with Crippen molar-refractivity contribution in [2.24, 2.45) is 0 Å². The van der Waals surface area contributed by atoms with Gasteiger partial charge in [0.1, 0.15) is 6.54 Å². The summed E-state index contributed by atoms with van der Waals surface area (Å²) in [5.74, 6) is -2.05. The van der Waals surface area contributed by atoms with Gasteiger partial charge in [-0.1, -0.05) is 6.07 Å². The molecule has 6 heteroatoms. The third-order valence-electron chi connectivity index (χ3n) is 2.02. The number of aliphatic carboxylic acids is 1. The molecular formula is C10H12N2O4. The summed E-state index contributed by atoms with van der Waals surface area (Å²) in [6.07, 6.45) is 0. The Morgan fingerprint density at radius 3 is 2.62 bits per heavy atom. The summed E-state index contributed by atoms with van der Waals surface area (Å²) >= 11 is 0. The van der Waals surface area contributed by atoms with Gasteiger partial charge in [0.15, 0.2) is 5.75 Å². The highest BCUT2D eigenvalue weighted by Crippen LogP contribution is 2.25. The van der Waals surface area contributed by atoms with Gasteiger partial charge in [0.25, 0.3) is 5.91 Å². The number of likely N-dealkylation sites (N-methyl/N-ethyl adjacent to an activating group) is 1. The Balaban J connectivity index is 2.96. The van der Waals surface area contributed by atoms with Crippen molar-refractivity contribution in [2.45, 2.75) is 0 Å². The number of hydrogen-bond donors (Lipinski definition) is 3. The molecule has 16 heavy (non-hydrogen) atoms. The van der Waals surface area contributed by atoms with E-state index in [0.717, 1.165) is 4.90 Å². The molecule has 1 rings (SSSR count). The number of anilines is 1. The highest BCUT2D eigenvalue weighted by molar-refractivity contribution is 5.99. The van der Waals surface area contributed by atoms with Crippen LogP contribution in [0.4, 0.5) is 5.69 Å². The maximum atomic E-state index is 11.7. The van der Waals surface area contributed by atoms with Crippen molar-refractivity contribution in [2.75, 3.05) is 19.3 Å². The molecule has 1 aromatic rings. The van der Waals surface area contributed by atoms with Gasteiger partial charge in [-0.05, 0) is 12.1 Å². The number of carboxylic acids is 1. The Morgan fingerprint density at radius 2 is 2.06 bits per heavy atom. The third kappa shape index (κ3) is 2.41. The normalized spacial score (nSPS) is 9.81. The number of carboxylic acid groups (broad SMARTS) is 1. The molecule has 0 bridgehead atoms. The zero-order valence-corrected chi connectivity index (χ0v) is 8.67. The van der Waals surface area contributed by atoms with Crippen LogP contribution in [0.5, 0.6) is 5.75 Å². The van der Waals surface area contributed by atoms with Gasteiger partial charge >= 0.3 is 5.97 Å². The SMILES string of the molecule is CN(CC(=O)O)C(=O)c1cccc(N)c1O. The summed E-state index contributed by atoms with van der Waals surface area (Å²) in [6.45, 7) is -0.437. The number of nitrogens with zero attached hydrogens (tertiary/aromatic N) is 1. The number of phenolic OH excluding ortho intramolecular Hbond substituents is 1. The number of benzene rings is 1. The molecule has 4 N–H and O–H groups in total. The van der Waals surface area contributed by atoms with Crippen LogP contribution in [0.2, 0.25) is 0 Å². The number of phenols is 1. The second-order valence-electron chi connectivity index (χ2n) is 3.30. The van der Waals surface area contributed by atoms with Gasteiger partial charge in [0.2, 0.25) is 0 Å². The van der Waals surface area contributed by atoms with E-state index in [-0.39, 0.29) is 17.0 Å². The van der Waals surface area contributed by atoms with Gasteiger partial charge in [-0.25, -0.2) is 0 Å². The first-order chi connectivity index (χ1) is 7.43. The second-order valence-corrected chi connectivity index (χ2v) is 3.30. The van der Waals surface area contributed by atoms with Crippen molar-refractivity contribution in [1.82, 2.24) is 4.90 Å². The van der Waals surface area contributed by atoms with Crippen molar-refractivity contribution in [3.63, 3.8) is 0 Å². The van der Waals surface area contributed by atoms with Crippen molar-refractivity contribution in [1.29, 1.82) is 0 Å². The Kier molecular flexibility index (Phi) is 3.34.